The Balaban J connectivity index is 2.86. The van der Waals surface area contributed by atoms with E-state index in [2.05, 4.69) is 37.2 Å². The van der Waals surface area contributed by atoms with Gasteiger partial charge in [-0.05, 0) is 41.1 Å². The van der Waals surface area contributed by atoms with Crippen molar-refractivity contribution in [2.75, 3.05) is 5.88 Å². The molecule has 0 aliphatic carbocycles. The summed E-state index contributed by atoms with van der Waals surface area (Å²) in [6.07, 6.45) is 0. The molecule has 0 saturated carbocycles. The van der Waals surface area contributed by atoms with Crippen molar-refractivity contribution >= 4 is 49.4 Å². The maximum atomic E-state index is 11.8. The topological polar surface area (TPSA) is 29.1 Å². The molecule has 0 aliphatic rings. The number of carbonyl (C=O) groups excluding carboxylic acids is 1. The van der Waals surface area contributed by atoms with Gasteiger partial charge in [-0.25, -0.2) is 0 Å². The maximum absolute atomic E-state index is 11.8. The predicted molar refractivity (Wildman–Crippen MR) is 69.5 cm³/mol. The van der Waals surface area contributed by atoms with Crippen LogP contribution in [-0.2, 0) is 0 Å². The van der Waals surface area contributed by atoms with E-state index in [0.29, 0.717) is 11.4 Å². The number of amides is 1. The van der Waals surface area contributed by atoms with E-state index < -0.39 is 0 Å². The number of hydrogen-bond donors (Lipinski definition) is 1. The van der Waals surface area contributed by atoms with Crippen LogP contribution in [0.1, 0.15) is 17.3 Å². The van der Waals surface area contributed by atoms with Crippen LogP contribution in [0, 0.1) is 0 Å². The van der Waals surface area contributed by atoms with Gasteiger partial charge in [-0.15, -0.1) is 11.6 Å². The number of nitrogens with one attached hydrogen (secondary N) is 1. The van der Waals surface area contributed by atoms with Gasteiger partial charge in [-0.2, -0.15) is 0 Å². The largest absolute Gasteiger partial charge is 0.348 e. The molecule has 82 valence electrons. The summed E-state index contributed by atoms with van der Waals surface area (Å²) in [5.41, 5.74) is 0.598. The van der Waals surface area contributed by atoms with Gasteiger partial charge in [-0.1, -0.05) is 15.9 Å². The molecule has 15 heavy (non-hydrogen) atoms. The molecule has 1 atom stereocenters. The van der Waals surface area contributed by atoms with Crippen molar-refractivity contribution < 1.29 is 4.79 Å². The van der Waals surface area contributed by atoms with E-state index in [1.807, 2.05) is 19.1 Å². The average Bonchev–Trinajstić information content (AvgIpc) is 2.21. The van der Waals surface area contributed by atoms with E-state index in [1.54, 1.807) is 6.07 Å². The van der Waals surface area contributed by atoms with Crippen LogP contribution in [0.5, 0.6) is 0 Å². The Kier molecular flexibility index (Phi) is 5.09. The minimum Gasteiger partial charge on any atom is -0.348 e. The molecular weight excluding hydrogens is 345 g/mol. The Morgan fingerprint density at radius 3 is 2.80 bits per heavy atom. The second-order valence-electron chi connectivity index (χ2n) is 3.15. The van der Waals surface area contributed by atoms with Crippen LogP contribution in [-0.4, -0.2) is 17.8 Å². The summed E-state index contributed by atoms with van der Waals surface area (Å²) in [4.78, 5) is 11.8. The molecule has 0 heterocycles. The summed E-state index contributed by atoms with van der Waals surface area (Å²) in [5, 5.41) is 2.79. The second-order valence-corrected chi connectivity index (χ2v) is 5.23. The fourth-order valence-corrected chi connectivity index (χ4v) is 1.88. The molecule has 0 saturated heterocycles. The van der Waals surface area contributed by atoms with E-state index in [1.165, 1.54) is 0 Å². The summed E-state index contributed by atoms with van der Waals surface area (Å²) in [7, 11) is 0. The minimum absolute atomic E-state index is 0.0370. The predicted octanol–water partition coefficient (Wildman–Crippen LogP) is 3.57. The SMILES string of the molecule is CC(CCl)NC(=O)c1cc(Br)ccc1Br. The van der Waals surface area contributed by atoms with Crippen molar-refractivity contribution in [1.82, 2.24) is 5.32 Å². The normalized spacial score (nSPS) is 12.3. The van der Waals surface area contributed by atoms with Gasteiger partial charge in [0, 0.05) is 20.9 Å². The third-order valence-corrected chi connectivity index (χ3v) is 3.43. The highest BCUT2D eigenvalue weighted by atomic mass is 79.9. The standard InChI is InChI=1S/C10H10Br2ClNO/c1-6(5-13)14-10(15)8-4-7(11)2-3-9(8)12/h2-4,6H,5H2,1H3,(H,14,15). The van der Waals surface area contributed by atoms with Gasteiger partial charge in [0.05, 0.1) is 5.56 Å². The van der Waals surface area contributed by atoms with Crippen molar-refractivity contribution in [1.29, 1.82) is 0 Å². The van der Waals surface area contributed by atoms with Gasteiger partial charge in [-0.3, -0.25) is 4.79 Å². The Bertz CT molecular complexity index is 370. The summed E-state index contributed by atoms with van der Waals surface area (Å²) in [6, 6.07) is 5.42. The van der Waals surface area contributed by atoms with Gasteiger partial charge in [0.25, 0.3) is 5.91 Å². The number of carbonyl (C=O) groups is 1. The van der Waals surface area contributed by atoms with Crippen LogP contribution in [0.2, 0.25) is 0 Å². The minimum atomic E-state index is -0.128. The molecule has 0 bridgehead atoms. The Hall–Kier alpha value is -0.0600. The molecule has 1 unspecified atom stereocenters. The summed E-state index contributed by atoms with van der Waals surface area (Å²) >= 11 is 12.3. The first-order valence-corrected chi connectivity index (χ1v) is 6.48. The second kappa shape index (κ2) is 5.87. The molecule has 0 radical (unpaired) electrons. The molecule has 1 aromatic carbocycles. The van der Waals surface area contributed by atoms with Crippen LogP contribution in [0.4, 0.5) is 0 Å². The highest BCUT2D eigenvalue weighted by Crippen LogP contribution is 2.21. The third kappa shape index (κ3) is 3.78. The van der Waals surface area contributed by atoms with Gasteiger partial charge >= 0.3 is 0 Å². The first-order valence-electron chi connectivity index (χ1n) is 4.36. The maximum Gasteiger partial charge on any atom is 0.252 e. The lowest BCUT2D eigenvalue weighted by molar-refractivity contribution is 0.0942. The zero-order chi connectivity index (χ0) is 11.4. The fraction of sp³-hybridized carbons (Fsp3) is 0.300. The molecule has 1 N–H and O–H groups in total. The lowest BCUT2D eigenvalue weighted by atomic mass is 10.2. The molecular formula is C10H10Br2ClNO. The van der Waals surface area contributed by atoms with Crippen molar-refractivity contribution in [3.8, 4) is 0 Å². The third-order valence-electron chi connectivity index (χ3n) is 1.78. The van der Waals surface area contributed by atoms with Gasteiger partial charge < -0.3 is 5.32 Å². The van der Waals surface area contributed by atoms with Crippen LogP contribution in [0.3, 0.4) is 0 Å². The Morgan fingerprint density at radius 2 is 2.20 bits per heavy atom. The van der Waals surface area contributed by atoms with Crippen molar-refractivity contribution in [3.05, 3.63) is 32.7 Å². The van der Waals surface area contributed by atoms with E-state index in [-0.39, 0.29) is 11.9 Å². The molecule has 5 heteroatoms. The molecule has 1 aromatic rings. The number of benzene rings is 1. The molecule has 0 fully saturated rings. The molecule has 0 spiro atoms. The quantitative estimate of drug-likeness (QED) is 0.825. The zero-order valence-corrected chi connectivity index (χ0v) is 12.0. The monoisotopic (exact) mass is 353 g/mol. The summed E-state index contributed by atoms with van der Waals surface area (Å²) < 4.78 is 1.64. The Labute approximate surface area is 111 Å². The average molecular weight is 355 g/mol. The highest BCUT2D eigenvalue weighted by molar-refractivity contribution is 9.11. The smallest absolute Gasteiger partial charge is 0.252 e. The molecule has 0 aromatic heterocycles. The van der Waals surface area contributed by atoms with Crippen LogP contribution < -0.4 is 5.32 Å². The van der Waals surface area contributed by atoms with Crippen molar-refractivity contribution in [2.24, 2.45) is 0 Å². The lowest BCUT2D eigenvalue weighted by Crippen LogP contribution is -2.33. The van der Waals surface area contributed by atoms with Crippen LogP contribution >= 0.6 is 43.5 Å². The lowest BCUT2D eigenvalue weighted by Gasteiger charge is -2.11. The summed E-state index contributed by atoms with van der Waals surface area (Å²) in [6.45, 7) is 1.86. The summed E-state index contributed by atoms with van der Waals surface area (Å²) in [5.74, 6) is 0.272. The molecule has 0 aliphatic heterocycles. The number of alkyl halides is 1. The van der Waals surface area contributed by atoms with Crippen molar-refractivity contribution in [3.63, 3.8) is 0 Å². The number of hydrogen-bond acceptors (Lipinski definition) is 1. The highest BCUT2D eigenvalue weighted by Gasteiger charge is 2.12. The molecule has 1 rings (SSSR count). The van der Waals surface area contributed by atoms with Crippen LogP contribution in [0.25, 0.3) is 0 Å². The first-order chi connectivity index (χ1) is 7.04. The van der Waals surface area contributed by atoms with Gasteiger partial charge in [0.15, 0.2) is 0 Å². The van der Waals surface area contributed by atoms with Gasteiger partial charge in [0.1, 0.15) is 0 Å². The van der Waals surface area contributed by atoms with E-state index in [4.69, 9.17) is 11.6 Å². The van der Waals surface area contributed by atoms with E-state index >= 15 is 0 Å². The molecule has 2 nitrogen and oxygen atoms in total. The van der Waals surface area contributed by atoms with Crippen LogP contribution in [0.15, 0.2) is 27.1 Å². The van der Waals surface area contributed by atoms with Gasteiger partial charge in [0.2, 0.25) is 0 Å². The van der Waals surface area contributed by atoms with E-state index in [0.717, 1.165) is 8.95 Å². The fourth-order valence-electron chi connectivity index (χ4n) is 1.01. The number of rotatable bonds is 3. The molecule has 1 amide bonds. The zero-order valence-electron chi connectivity index (χ0n) is 8.06. The number of halogens is 3. The Morgan fingerprint density at radius 1 is 1.53 bits per heavy atom. The van der Waals surface area contributed by atoms with Crippen molar-refractivity contribution in [2.45, 2.75) is 13.0 Å². The van der Waals surface area contributed by atoms with E-state index in [9.17, 15) is 4.79 Å². The first kappa shape index (κ1) is 13.0.